The number of nitrogens with zero attached hydrogens (tertiary/aromatic N) is 1. The second-order valence-corrected chi connectivity index (χ2v) is 6.82. The van der Waals surface area contributed by atoms with Crippen LogP contribution in [0.15, 0.2) is 17.5 Å². The molecule has 0 bridgehead atoms. The smallest absolute Gasteiger partial charge is 0.00579 e. The quantitative estimate of drug-likeness (QED) is 0.623. The Balaban J connectivity index is 1.88. The lowest BCUT2D eigenvalue weighted by molar-refractivity contribution is 0.328. The highest BCUT2D eigenvalue weighted by Crippen LogP contribution is 2.09. The summed E-state index contributed by atoms with van der Waals surface area (Å²) in [5.74, 6) is 0.767. The van der Waals surface area contributed by atoms with Gasteiger partial charge in [0.25, 0.3) is 0 Å². The highest BCUT2D eigenvalue weighted by Gasteiger charge is 2.00. The Bertz CT molecular complexity index is 296. The fraction of sp³-hybridized carbons (Fsp3) is 0.750. The van der Waals surface area contributed by atoms with Crippen molar-refractivity contribution in [2.45, 2.75) is 39.5 Å². The summed E-state index contributed by atoms with van der Waals surface area (Å²) in [4.78, 5) is 3.96. The van der Waals surface area contributed by atoms with Crippen molar-refractivity contribution >= 4 is 11.3 Å². The first-order chi connectivity index (χ1) is 9.18. The third-order valence-corrected chi connectivity index (χ3v) is 4.20. The van der Waals surface area contributed by atoms with Gasteiger partial charge in [-0.15, -0.1) is 11.3 Å². The molecule has 1 aromatic rings. The Morgan fingerprint density at radius 1 is 1.21 bits per heavy atom. The van der Waals surface area contributed by atoms with E-state index in [0.29, 0.717) is 0 Å². The van der Waals surface area contributed by atoms with Crippen LogP contribution in [0.25, 0.3) is 0 Å². The van der Waals surface area contributed by atoms with Crippen molar-refractivity contribution in [3.8, 4) is 0 Å². The lowest BCUT2D eigenvalue weighted by atomic mass is 10.2. The molecule has 19 heavy (non-hydrogen) atoms. The molecular formula is C16H30N2S. The summed E-state index contributed by atoms with van der Waals surface area (Å²) in [6.45, 7) is 9.27. The van der Waals surface area contributed by atoms with E-state index >= 15 is 0 Å². The van der Waals surface area contributed by atoms with Gasteiger partial charge in [0, 0.05) is 11.4 Å². The van der Waals surface area contributed by atoms with Gasteiger partial charge in [0.15, 0.2) is 0 Å². The van der Waals surface area contributed by atoms with Gasteiger partial charge in [-0.25, -0.2) is 0 Å². The maximum atomic E-state index is 3.50. The van der Waals surface area contributed by atoms with Gasteiger partial charge >= 0.3 is 0 Å². The minimum Gasteiger partial charge on any atom is -0.316 e. The molecule has 1 rings (SSSR count). The van der Waals surface area contributed by atoms with E-state index in [2.05, 4.69) is 48.6 Å². The zero-order valence-corrected chi connectivity index (χ0v) is 13.6. The van der Waals surface area contributed by atoms with Crippen LogP contribution in [0.4, 0.5) is 0 Å². The summed E-state index contributed by atoms with van der Waals surface area (Å²) < 4.78 is 0. The fourth-order valence-corrected chi connectivity index (χ4v) is 2.77. The average molecular weight is 282 g/mol. The molecule has 0 atom stereocenters. The summed E-state index contributed by atoms with van der Waals surface area (Å²) in [6, 6.07) is 4.38. The van der Waals surface area contributed by atoms with E-state index in [1.54, 1.807) is 0 Å². The normalized spacial score (nSPS) is 11.6. The molecule has 0 aromatic carbocycles. The molecule has 0 radical (unpaired) electrons. The van der Waals surface area contributed by atoms with Crippen LogP contribution < -0.4 is 5.32 Å². The zero-order chi connectivity index (χ0) is 13.9. The first-order valence-electron chi connectivity index (χ1n) is 7.60. The minimum absolute atomic E-state index is 0.767. The maximum Gasteiger partial charge on any atom is 0.00579 e. The Kier molecular flexibility index (Phi) is 9.14. The van der Waals surface area contributed by atoms with Crippen LogP contribution >= 0.6 is 11.3 Å². The Morgan fingerprint density at radius 2 is 2.05 bits per heavy atom. The standard InChI is InChI=1S/C16H30N2S/c1-15(2)14-17-10-5-4-6-11-18(3)12-9-16-8-7-13-19-16/h7-8,13,15,17H,4-6,9-12,14H2,1-3H3. The highest BCUT2D eigenvalue weighted by molar-refractivity contribution is 7.09. The second-order valence-electron chi connectivity index (χ2n) is 5.79. The monoisotopic (exact) mass is 282 g/mol. The maximum absolute atomic E-state index is 3.50. The minimum atomic E-state index is 0.767. The van der Waals surface area contributed by atoms with Crippen molar-refractivity contribution in [1.82, 2.24) is 10.2 Å². The molecule has 0 unspecified atom stereocenters. The number of thiophene rings is 1. The van der Waals surface area contributed by atoms with Crippen molar-refractivity contribution in [1.29, 1.82) is 0 Å². The molecule has 1 N–H and O–H groups in total. The van der Waals surface area contributed by atoms with Gasteiger partial charge < -0.3 is 10.2 Å². The molecule has 3 heteroatoms. The predicted molar refractivity (Wildman–Crippen MR) is 87.1 cm³/mol. The molecule has 0 aliphatic heterocycles. The van der Waals surface area contributed by atoms with Gasteiger partial charge in [-0.2, -0.15) is 0 Å². The lowest BCUT2D eigenvalue weighted by Gasteiger charge is -2.16. The Labute approximate surface area is 123 Å². The molecule has 110 valence electrons. The molecular weight excluding hydrogens is 252 g/mol. The van der Waals surface area contributed by atoms with Crippen LogP contribution in [0.5, 0.6) is 0 Å². The number of hydrogen-bond acceptors (Lipinski definition) is 3. The van der Waals surface area contributed by atoms with Crippen molar-refractivity contribution in [2.24, 2.45) is 5.92 Å². The Hall–Kier alpha value is -0.380. The van der Waals surface area contributed by atoms with Gasteiger partial charge in [-0.1, -0.05) is 26.3 Å². The van der Waals surface area contributed by atoms with E-state index in [-0.39, 0.29) is 0 Å². The summed E-state index contributed by atoms with van der Waals surface area (Å²) in [5.41, 5.74) is 0. The first-order valence-corrected chi connectivity index (χ1v) is 8.48. The van der Waals surface area contributed by atoms with E-state index in [4.69, 9.17) is 0 Å². The topological polar surface area (TPSA) is 15.3 Å². The van der Waals surface area contributed by atoms with Crippen LogP contribution in [-0.4, -0.2) is 38.1 Å². The predicted octanol–water partition coefficient (Wildman–Crippen LogP) is 3.64. The number of likely N-dealkylation sites (N-methyl/N-ethyl adjacent to an activating group) is 1. The molecule has 0 spiro atoms. The SMILES string of the molecule is CC(C)CNCCCCCN(C)CCc1cccs1. The number of unbranched alkanes of at least 4 members (excludes halogenated alkanes) is 2. The van der Waals surface area contributed by atoms with E-state index in [0.717, 1.165) is 12.5 Å². The van der Waals surface area contributed by atoms with Crippen molar-refractivity contribution < 1.29 is 0 Å². The summed E-state index contributed by atoms with van der Waals surface area (Å²) in [5, 5.41) is 5.67. The number of hydrogen-bond donors (Lipinski definition) is 1. The highest BCUT2D eigenvalue weighted by atomic mass is 32.1. The van der Waals surface area contributed by atoms with Gasteiger partial charge in [0.2, 0.25) is 0 Å². The van der Waals surface area contributed by atoms with Gasteiger partial charge in [0.05, 0.1) is 0 Å². The largest absolute Gasteiger partial charge is 0.316 e. The van der Waals surface area contributed by atoms with Crippen LogP contribution in [0, 0.1) is 5.92 Å². The molecule has 0 saturated carbocycles. The van der Waals surface area contributed by atoms with Gasteiger partial charge in [-0.3, -0.25) is 0 Å². The molecule has 0 saturated heterocycles. The van der Waals surface area contributed by atoms with Crippen LogP contribution in [0.1, 0.15) is 38.0 Å². The first kappa shape index (κ1) is 16.7. The third-order valence-electron chi connectivity index (χ3n) is 3.27. The van der Waals surface area contributed by atoms with Crippen molar-refractivity contribution in [3.05, 3.63) is 22.4 Å². The lowest BCUT2D eigenvalue weighted by Crippen LogP contribution is -2.23. The second kappa shape index (κ2) is 10.4. The van der Waals surface area contributed by atoms with E-state index in [9.17, 15) is 0 Å². The van der Waals surface area contributed by atoms with Crippen molar-refractivity contribution in [3.63, 3.8) is 0 Å². The molecule has 0 fully saturated rings. The average Bonchev–Trinajstić information content (AvgIpc) is 2.88. The Morgan fingerprint density at radius 3 is 2.74 bits per heavy atom. The molecule has 1 heterocycles. The van der Waals surface area contributed by atoms with Gasteiger partial charge in [-0.05, 0) is 63.3 Å². The molecule has 0 aliphatic rings. The summed E-state index contributed by atoms with van der Waals surface area (Å²) in [6.07, 6.45) is 5.17. The molecule has 1 aromatic heterocycles. The van der Waals surface area contributed by atoms with Crippen LogP contribution in [0.2, 0.25) is 0 Å². The fourth-order valence-electron chi connectivity index (χ4n) is 2.07. The number of rotatable bonds is 11. The summed E-state index contributed by atoms with van der Waals surface area (Å²) in [7, 11) is 2.24. The number of nitrogens with one attached hydrogen (secondary N) is 1. The van der Waals surface area contributed by atoms with Gasteiger partial charge in [0.1, 0.15) is 0 Å². The summed E-state index contributed by atoms with van der Waals surface area (Å²) >= 11 is 1.87. The molecule has 0 amide bonds. The van der Waals surface area contributed by atoms with Crippen molar-refractivity contribution in [2.75, 3.05) is 33.2 Å². The molecule has 0 aliphatic carbocycles. The van der Waals surface area contributed by atoms with Crippen LogP contribution in [0.3, 0.4) is 0 Å². The van der Waals surface area contributed by atoms with E-state index in [1.807, 2.05) is 11.3 Å². The van der Waals surface area contributed by atoms with Crippen LogP contribution in [-0.2, 0) is 6.42 Å². The van der Waals surface area contributed by atoms with E-state index < -0.39 is 0 Å². The molecule has 2 nitrogen and oxygen atoms in total. The van der Waals surface area contributed by atoms with E-state index in [1.165, 1.54) is 50.2 Å². The zero-order valence-electron chi connectivity index (χ0n) is 12.8. The third kappa shape index (κ3) is 9.20.